The van der Waals surface area contributed by atoms with Crippen molar-refractivity contribution in [2.75, 3.05) is 0 Å². The highest BCUT2D eigenvalue weighted by Gasteiger charge is 2.24. The average Bonchev–Trinajstić information content (AvgIpc) is 3.04. The molecule has 5 heteroatoms. The smallest absolute Gasteiger partial charge is 0.375 e. The molecule has 3 rings (SSSR count). The lowest BCUT2D eigenvalue weighted by Crippen LogP contribution is -2.41. The van der Waals surface area contributed by atoms with E-state index in [2.05, 4.69) is 17.4 Å². The molecule has 3 aromatic rings. The van der Waals surface area contributed by atoms with Crippen LogP contribution in [0.3, 0.4) is 0 Å². The van der Waals surface area contributed by atoms with Crippen LogP contribution in [0.1, 0.15) is 41.9 Å². The number of amides is 1. The molecule has 1 aromatic heterocycles. The molecule has 28 heavy (non-hydrogen) atoms. The molecule has 2 atom stereocenters. The van der Waals surface area contributed by atoms with Gasteiger partial charge in [-0.1, -0.05) is 48.5 Å². The van der Waals surface area contributed by atoms with Gasteiger partial charge in [0.25, 0.3) is 5.91 Å². The van der Waals surface area contributed by atoms with Crippen LogP contribution in [0.25, 0.3) is 11.0 Å². The van der Waals surface area contributed by atoms with Crippen LogP contribution in [0.15, 0.2) is 59.0 Å². The Morgan fingerprint density at radius 3 is 2.43 bits per heavy atom. The summed E-state index contributed by atoms with van der Waals surface area (Å²) < 4.78 is 10.9. The standard InChI is InChI=1S/C23H25NO4/c1-15(13-14-18-9-5-4-6-10-18)24-22(25)17(3)27-23(26)21-16(2)19-11-7-8-12-20(19)28-21/h4-12,15,17H,13-14H2,1-3H3,(H,24,25)/t15-,17-/m1/s1. The number of fused-ring (bicyclic) bond motifs is 1. The number of rotatable bonds is 7. The number of carbonyl (C=O) groups excluding carboxylic acids is 2. The van der Waals surface area contributed by atoms with E-state index in [1.165, 1.54) is 5.56 Å². The van der Waals surface area contributed by atoms with Crippen LogP contribution >= 0.6 is 0 Å². The Kier molecular flexibility index (Phi) is 6.14. The Hall–Kier alpha value is -3.08. The van der Waals surface area contributed by atoms with E-state index in [4.69, 9.17) is 9.15 Å². The molecule has 1 N–H and O–H groups in total. The zero-order valence-electron chi connectivity index (χ0n) is 16.4. The number of para-hydroxylation sites is 1. The van der Waals surface area contributed by atoms with Crippen molar-refractivity contribution in [3.8, 4) is 0 Å². The zero-order valence-corrected chi connectivity index (χ0v) is 16.4. The molecule has 0 aliphatic carbocycles. The van der Waals surface area contributed by atoms with Crippen molar-refractivity contribution in [3.63, 3.8) is 0 Å². The Morgan fingerprint density at radius 2 is 1.71 bits per heavy atom. The van der Waals surface area contributed by atoms with Crippen molar-refractivity contribution >= 4 is 22.8 Å². The Morgan fingerprint density at radius 1 is 1.04 bits per heavy atom. The van der Waals surface area contributed by atoms with E-state index >= 15 is 0 Å². The second-order valence-electron chi connectivity index (χ2n) is 7.03. The van der Waals surface area contributed by atoms with Crippen LogP contribution < -0.4 is 5.32 Å². The summed E-state index contributed by atoms with van der Waals surface area (Å²) in [5.41, 5.74) is 2.56. The fraction of sp³-hybridized carbons (Fsp3) is 0.304. The lowest BCUT2D eigenvalue weighted by molar-refractivity contribution is -0.129. The summed E-state index contributed by atoms with van der Waals surface area (Å²) in [6.45, 7) is 5.31. The number of carbonyl (C=O) groups is 2. The van der Waals surface area contributed by atoms with Crippen LogP contribution in [-0.4, -0.2) is 24.0 Å². The van der Waals surface area contributed by atoms with Crippen molar-refractivity contribution in [2.24, 2.45) is 0 Å². The SMILES string of the molecule is Cc1c(C(=O)O[C@H](C)C(=O)N[C@H](C)CCc2ccccc2)oc2ccccc12. The number of benzene rings is 2. The molecular formula is C23H25NO4. The molecule has 0 fully saturated rings. The Bertz CT molecular complexity index is 961. The molecule has 146 valence electrons. The fourth-order valence-electron chi connectivity index (χ4n) is 3.10. The lowest BCUT2D eigenvalue weighted by Gasteiger charge is -2.17. The van der Waals surface area contributed by atoms with Crippen LogP contribution in [-0.2, 0) is 16.0 Å². The Balaban J connectivity index is 1.54. The summed E-state index contributed by atoms with van der Waals surface area (Å²) in [6, 6.07) is 17.5. The number of nitrogens with one attached hydrogen (secondary N) is 1. The molecular weight excluding hydrogens is 354 g/mol. The predicted octanol–water partition coefficient (Wildman–Crippen LogP) is 4.42. The first-order valence-corrected chi connectivity index (χ1v) is 9.49. The topological polar surface area (TPSA) is 68.5 Å². The van der Waals surface area contributed by atoms with Gasteiger partial charge in [-0.15, -0.1) is 0 Å². The summed E-state index contributed by atoms with van der Waals surface area (Å²) in [5, 5.41) is 3.76. The fourth-order valence-corrected chi connectivity index (χ4v) is 3.10. The first-order valence-electron chi connectivity index (χ1n) is 9.49. The maximum absolute atomic E-state index is 12.5. The summed E-state index contributed by atoms with van der Waals surface area (Å²) in [7, 11) is 0. The number of furan rings is 1. The van der Waals surface area contributed by atoms with Gasteiger partial charge in [-0.25, -0.2) is 4.79 Å². The van der Waals surface area contributed by atoms with E-state index in [0.717, 1.165) is 18.2 Å². The van der Waals surface area contributed by atoms with Gasteiger partial charge >= 0.3 is 5.97 Å². The highest BCUT2D eigenvalue weighted by atomic mass is 16.6. The molecule has 0 saturated carbocycles. The van der Waals surface area contributed by atoms with Gasteiger partial charge < -0.3 is 14.5 Å². The first-order chi connectivity index (χ1) is 13.5. The van der Waals surface area contributed by atoms with E-state index in [1.54, 1.807) is 19.9 Å². The summed E-state index contributed by atoms with van der Waals surface area (Å²) >= 11 is 0. The van der Waals surface area contributed by atoms with Gasteiger partial charge in [0.05, 0.1) is 0 Å². The van der Waals surface area contributed by atoms with Crippen LogP contribution in [0.4, 0.5) is 0 Å². The normalized spacial score (nSPS) is 13.1. The van der Waals surface area contributed by atoms with Crippen molar-refractivity contribution in [1.82, 2.24) is 5.32 Å². The highest BCUT2D eigenvalue weighted by Crippen LogP contribution is 2.25. The molecule has 0 unspecified atom stereocenters. The number of esters is 1. The number of aryl methyl sites for hydroxylation is 2. The molecule has 0 radical (unpaired) electrons. The number of hydrogen-bond acceptors (Lipinski definition) is 4. The van der Waals surface area contributed by atoms with Gasteiger partial charge in [0.2, 0.25) is 5.76 Å². The molecule has 0 spiro atoms. The van der Waals surface area contributed by atoms with Crippen LogP contribution in [0.2, 0.25) is 0 Å². The third-order valence-electron chi connectivity index (χ3n) is 4.78. The van der Waals surface area contributed by atoms with Crippen LogP contribution in [0, 0.1) is 6.92 Å². The van der Waals surface area contributed by atoms with E-state index in [1.807, 2.05) is 43.3 Å². The molecule has 1 amide bonds. The second-order valence-corrected chi connectivity index (χ2v) is 7.03. The number of ether oxygens (including phenoxy) is 1. The highest BCUT2D eigenvalue weighted by molar-refractivity contribution is 5.97. The minimum absolute atomic E-state index is 0.0261. The lowest BCUT2D eigenvalue weighted by atomic mass is 10.1. The summed E-state index contributed by atoms with van der Waals surface area (Å²) in [4.78, 5) is 24.8. The second kappa shape index (κ2) is 8.74. The van der Waals surface area contributed by atoms with Gasteiger partial charge in [0.15, 0.2) is 6.10 Å². The summed E-state index contributed by atoms with van der Waals surface area (Å²) in [5.74, 6) is -0.811. The summed E-state index contributed by atoms with van der Waals surface area (Å²) in [6.07, 6.45) is 0.771. The van der Waals surface area contributed by atoms with Gasteiger partial charge in [0.1, 0.15) is 5.58 Å². The maximum Gasteiger partial charge on any atom is 0.375 e. The molecule has 0 bridgehead atoms. The van der Waals surface area contributed by atoms with E-state index in [-0.39, 0.29) is 17.7 Å². The maximum atomic E-state index is 12.5. The van der Waals surface area contributed by atoms with Crippen molar-refractivity contribution in [3.05, 3.63) is 71.5 Å². The van der Waals surface area contributed by atoms with E-state index in [9.17, 15) is 9.59 Å². The molecule has 1 heterocycles. The van der Waals surface area contributed by atoms with Gasteiger partial charge in [-0.05, 0) is 45.2 Å². The molecule has 2 aromatic carbocycles. The third kappa shape index (κ3) is 4.60. The third-order valence-corrected chi connectivity index (χ3v) is 4.78. The quantitative estimate of drug-likeness (QED) is 0.617. The van der Waals surface area contributed by atoms with Gasteiger partial charge in [-0.2, -0.15) is 0 Å². The average molecular weight is 379 g/mol. The van der Waals surface area contributed by atoms with Gasteiger partial charge in [0, 0.05) is 17.0 Å². The van der Waals surface area contributed by atoms with Crippen molar-refractivity contribution in [2.45, 2.75) is 45.8 Å². The minimum Gasteiger partial charge on any atom is -0.449 e. The first kappa shape index (κ1) is 19.7. The van der Waals surface area contributed by atoms with Crippen LogP contribution in [0.5, 0.6) is 0 Å². The number of hydrogen-bond donors (Lipinski definition) is 1. The van der Waals surface area contributed by atoms with E-state index < -0.39 is 12.1 Å². The monoisotopic (exact) mass is 379 g/mol. The molecule has 5 nitrogen and oxygen atoms in total. The minimum atomic E-state index is -0.903. The largest absolute Gasteiger partial charge is 0.449 e. The van der Waals surface area contributed by atoms with E-state index in [0.29, 0.717) is 11.1 Å². The predicted molar refractivity (Wildman–Crippen MR) is 108 cm³/mol. The van der Waals surface area contributed by atoms with Crippen molar-refractivity contribution < 1.29 is 18.7 Å². The molecule has 0 aliphatic rings. The molecule has 0 aliphatic heterocycles. The van der Waals surface area contributed by atoms with Gasteiger partial charge in [-0.3, -0.25) is 4.79 Å². The van der Waals surface area contributed by atoms with Crippen molar-refractivity contribution in [1.29, 1.82) is 0 Å². The Labute approximate surface area is 164 Å². The molecule has 0 saturated heterocycles. The zero-order chi connectivity index (χ0) is 20.1.